The fourth-order valence-electron chi connectivity index (χ4n) is 3.23. The molecular weight excluding hydrogens is 280 g/mol. The highest BCUT2D eigenvalue weighted by Gasteiger charge is 2.52. The van der Waals surface area contributed by atoms with E-state index in [2.05, 4.69) is 5.92 Å². The Kier molecular flexibility index (Phi) is 4.30. The topological polar surface area (TPSA) is 44.8 Å². The van der Waals surface area contributed by atoms with Gasteiger partial charge in [-0.3, -0.25) is 0 Å². The van der Waals surface area contributed by atoms with Gasteiger partial charge in [0.15, 0.2) is 6.29 Å². The number of carbonyl (C=O) groups excluding carboxylic acids is 1. The largest absolute Gasteiger partial charge is 0.361 e. The predicted molar refractivity (Wildman–Crippen MR) is 80.9 cm³/mol. The van der Waals surface area contributed by atoms with Gasteiger partial charge in [0.25, 0.3) is 0 Å². The van der Waals surface area contributed by atoms with Crippen molar-refractivity contribution in [3.63, 3.8) is 0 Å². The van der Waals surface area contributed by atoms with Crippen LogP contribution >= 0.6 is 0 Å². The molecule has 2 aliphatic rings. The highest BCUT2D eigenvalue weighted by molar-refractivity contribution is 5.50. The average molecular weight is 300 g/mol. The minimum atomic E-state index is -0.396. The van der Waals surface area contributed by atoms with Gasteiger partial charge in [-0.05, 0) is 0 Å². The van der Waals surface area contributed by atoms with Crippen molar-refractivity contribution in [3.8, 4) is 12.3 Å². The number of aldehydes is 1. The minimum Gasteiger partial charge on any atom is -0.361 e. The molecule has 1 aromatic rings. The summed E-state index contributed by atoms with van der Waals surface area (Å²) in [7, 11) is 0. The van der Waals surface area contributed by atoms with Gasteiger partial charge in [-0.2, -0.15) is 0 Å². The molecule has 0 aliphatic carbocycles. The van der Waals surface area contributed by atoms with Crippen molar-refractivity contribution in [2.75, 3.05) is 6.61 Å². The lowest BCUT2D eigenvalue weighted by Crippen LogP contribution is -2.58. The van der Waals surface area contributed by atoms with E-state index in [1.165, 1.54) is 0 Å². The van der Waals surface area contributed by atoms with Crippen LogP contribution in [0.1, 0.15) is 31.6 Å². The van der Waals surface area contributed by atoms with Gasteiger partial charge >= 0.3 is 0 Å². The summed E-state index contributed by atoms with van der Waals surface area (Å²) in [6.45, 7) is 2.52. The minimum absolute atomic E-state index is 0.0915. The van der Waals surface area contributed by atoms with Crippen molar-refractivity contribution in [1.29, 1.82) is 0 Å². The first kappa shape index (κ1) is 15.2. The molecule has 2 heterocycles. The van der Waals surface area contributed by atoms with Crippen LogP contribution in [-0.2, 0) is 19.0 Å². The SMILES string of the molecule is C#C[C@@H]1C[C@H]2O[C@@H](c3ccccc3)OC[C@@]2(C)[C@H](CC=O)O1. The second-order valence-electron chi connectivity index (χ2n) is 6.10. The van der Waals surface area contributed by atoms with E-state index in [1.54, 1.807) is 0 Å². The molecule has 1 aromatic carbocycles. The third-order valence-corrected chi connectivity index (χ3v) is 4.63. The van der Waals surface area contributed by atoms with Gasteiger partial charge in [-0.1, -0.05) is 43.2 Å². The second-order valence-corrected chi connectivity index (χ2v) is 6.10. The highest BCUT2D eigenvalue weighted by Crippen LogP contribution is 2.46. The zero-order chi connectivity index (χ0) is 15.6. The Labute approximate surface area is 130 Å². The van der Waals surface area contributed by atoms with Crippen molar-refractivity contribution in [1.82, 2.24) is 0 Å². The number of hydrogen-bond donors (Lipinski definition) is 0. The number of benzene rings is 1. The fourth-order valence-corrected chi connectivity index (χ4v) is 3.23. The normalized spacial score (nSPS) is 37.8. The van der Waals surface area contributed by atoms with Crippen molar-refractivity contribution in [2.45, 2.75) is 44.4 Å². The molecule has 0 amide bonds. The van der Waals surface area contributed by atoms with Gasteiger partial charge in [0, 0.05) is 23.8 Å². The van der Waals surface area contributed by atoms with Crippen molar-refractivity contribution < 1.29 is 19.0 Å². The Balaban J connectivity index is 1.82. The predicted octanol–water partition coefficient (Wildman–Crippen LogP) is 2.49. The smallest absolute Gasteiger partial charge is 0.184 e. The van der Waals surface area contributed by atoms with Crippen LogP contribution in [-0.4, -0.2) is 31.2 Å². The zero-order valence-corrected chi connectivity index (χ0v) is 12.6. The molecule has 4 heteroatoms. The number of hydrogen-bond acceptors (Lipinski definition) is 4. The first-order chi connectivity index (χ1) is 10.7. The Morgan fingerprint density at radius 1 is 1.36 bits per heavy atom. The summed E-state index contributed by atoms with van der Waals surface area (Å²) in [6.07, 6.45) is 6.23. The van der Waals surface area contributed by atoms with Gasteiger partial charge in [0.1, 0.15) is 12.4 Å². The molecule has 0 aromatic heterocycles. The van der Waals surface area contributed by atoms with Crippen LogP contribution in [0.5, 0.6) is 0 Å². The Morgan fingerprint density at radius 3 is 2.82 bits per heavy atom. The van der Waals surface area contributed by atoms with Crippen LogP contribution in [0.25, 0.3) is 0 Å². The van der Waals surface area contributed by atoms with Crippen LogP contribution in [0.15, 0.2) is 30.3 Å². The Morgan fingerprint density at radius 2 is 2.14 bits per heavy atom. The lowest BCUT2D eigenvalue weighted by molar-refractivity contribution is -0.314. The first-order valence-electron chi connectivity index (χ1n) is 7.54. The molecule has 0 N–H and O–H groups in total. The van der Waals surface area contributed by atoms with Gasteiger partial charge in [-0.15, -0.1) is 6.42 Å². The lowest BCUT2D eigenvalue weighted by atomic mass is 9.73. The van der Waals surface area contributed by atoms with E-state index in [4.69, 9.17) is 20.6 Å². The maximum Gasteiger partial charge on any atom is 0.184 e. The Bertz CT molecular complexity index is 564. The first-order valence-corrected chi connectivity index (χ1v) is 7.54. The quantitative estimate of drug-likeness (QED) is 0.635. The molecule has 116 valence electrons. The summed E-state index contributed by atoms with van der Waals surface area (Å²) in [5.41, 5.74) is 0.625. The molecule has 0 radical (unpaired) electrons. The number of rotatable bonds is 3. The number of ether oxygens (including phenoxy) is 3. The summed E-state index contributed by atoms with van der Waals surface area (Å²) in [6, 6.07) is 9.83. The number of carbonyl (C=O) groups is 1. The van der Waals surface area contributed by atoms with Gasteiger partial charge < -0.3 is 19.0 Å². The van der Waals surface area contributed by atoms with E-state index in [-0.39, 0.29) is 23.7 Å². The van der Waals surface area contributed by atoms with Gasteiger partial charge in [0.05, 0.1) is 18.8 Å². The van der Waals surface area contributed by atoms with E-state index in [0.29, 0.717) is 19.4 Å². The standard InChI is InChI=1S/C18H20O4/c1-3-14-11-16-18(2,15(21-14)9-10-19)12-20-17(22-16)13-7-5-4-6-8-13/h1,4-8,10,14-17H,9,11-12H2,2H3/t14-,15+,16-,17+,18+/m1/s1. The third-order valence-electron chi connectivity index (χ3n) is 4.63. The van der Waals surface area contributed by atoms with Gasteiger partial charge in [0.2, 0.25) is 0 Å². The summed E-state index contributed by atoms with van der Waals surface area (Å²) < 4.78 is 17.9. The molecule has 0 bridgehead atoms. The van der Waals surface area contributed by atoms with Crippen molar-refractivity contribution in [2.24, 2.45) is 5.41 Å². The van der Waals surface area contributed by atoms with Crippen LogP contribution in [0, 0.1) is 17.8 Å². The van der Waals surface area contributed by atoms with Crippen LogP contribution < -0.4 is 0 Å². The van der Waals surface area contributed by atoms with E-state index in [0.717, 1.165) is 11.8 Å². The average Bonchev–Trinajstić information content (AvgIpc) is 2.56. The third kappa shape index (κ3) is 2.68. The maximum atomic E-state index is 11.0. The number of fused-ring (bicyclic) bond motifs is 1. The monoisotopic (exact) mass is 300 g/mol. The van der Waals surface area contributed by atoms with Crippen molar-refractivity contribution >= 4 is 6.29 Å². The van der Waals surface area contributed by atoms with E-state index >= 15 is 0 Å². The van der Waals surface area contributed by atoms with E-state index in [9.17, 15) is 4.79 Å². The highest BCUT2D eigenvalue weighted by atomic mass is 16.7. The van der Waals surface area contributed by atoms with Crippen LogP contribution in [0.4, 0.5) is 0 Å². The zero-order valence-electron chi connectivity index (χ0n) is 12.6. The Hall–Kier alpha value is -1.67. The molecule has 2 saturated heterocycles. The fraction of sp³-hybridized carbons (Fsp3) is 0.500. The lowest BCUT2D eigenvalue weighted by Gasteiger charge is -2.52. The molecule has 0 unspecified atom stereocenters. The van der Waals surface area contributed by atoms with Crippen LogP contribution in [0.3, 0.4) is 0 Å². The van der Waals surface area contributed by atoms with Crippen molar-refractivity contribution in [3.05, 3.63) is 35.9 Å². The summed E-state index contributed by atoms with van der Waals surface area (Å²) in [5.74, 6) is 2.64. The molecule has 4 nitrogen and oxygen atoms in total. The second kappa shape index (κ2) is 6.21. The molecule has 0 spiro atoms. The number of terminal acetylenes is 1. The maximum absolute atomic E-state index is 11.0. The molecule has 2 aliphatic heterocycles. The molecule has 22 heavy (non-hydrogen) atoms. The molecule has 0 saturated carbocycles. The molecular formula is C18H20O4. The molecule has 3 rings (SSSR count). The summed E-state index contributed by atoms with van der Waals surface area (Å²) in [5, 5.41) is 0. The summed E-state index contributed by atoms with van der Waals surface area (Å²) in [4.78, 5) is 11.0. The molecule has 2 fully saturated rings. The van der Waals surface area contributed by atoms with Crippen LogP contribution in [0.2, 0.25) is 0 Å². The summed E-state index contributed by atoms with van der Waals surface area (Å²) >= 11 is 0. The molecule has 5 atom stereocenters. The van der Waals surface area contributed by atoms with E-state index < -0.39 is 6.29 Å². The van der Waals surface area contributed by atoms with E-state index in [1.807, 2.05) is 37.3 Å². The van der Waals surface area contributed by atoms with Gasteiger partial charge in [-0.25, -0.2) is 0 Å².